The zero-order valence-corrected chi connectivity index (χ0v) is 15.4. The van der Waals surface area contributed by atoms with E-state index in [0.29, 0.717) is 5.89 Å². The molecule has 0 unspecified atom stereocenters. The van der Waals surface area contributed by atoms with E-state index in [2.05, 4.69) is 10.2 Å². The minimum atomic E-state index is -0.648. The Bertz CT molecular complexity index is 928. The van der Waals surface area contributed by atoms with Crippen molar-refractivity contribution in [1.82, 2.24) is 10.2 Å². The highest BCUT2D eigenvalue weighted by Gasteiger charge is 2.18. The van der Waals surface area contributed by atoms with E-state index in [9.17, 15) is 4.79 Å². The molecule has 0 radical (unpaired) electrons. The first-order chi connectivity index (χ1) is 13.0. The molecule has 3 aromatic rings. The van der Waals surface area contributed by atoms with Crippen LogP contribution in [0.2, 0.25) is 0 Å². The quantitative estimate of drug-likeness (QED) is 0.477. The van der Waals surface area contributed by atoms with Gasteiger partial charge in [0.25, 0.3) is 5.89 Å². The molecule has 138 valence electrons. The highest BCUT2D eigenvalue weighted by Crippen LogP contribution is 2.23. The number of aryl methyl sites for hydroxylation is 1. The minimum Gasteiger partial charge on any atom is -0.497 e. The molecular weight excluding hydrogens is 344 g/mol. The molecule has 6 heteroatoms. The molecule has 0 aliphatic carbocycles. The first-order valence-electron chi connectivity index (χ1n) is 8.48. The zero-order valence-electron chi connectivity index (χ0n) is 15.4. The van der Waals surface area contributed by atoms with Crippen molar-refractivity contribution in [1.29, 1.82) is 0 Å². The second-order valence-corrected chi connectivity index (χ2v) is 6.00. The number of hydrogen-bond acceptors (Lipinski definition) is 6. The van der Waals surface area contributed by atoms with Crippen molar-refractivity contribution in [2.45, 2.75) is 20.0 Å². The molecule has 1 aromatic heterocycles. The van der Waals surface area contributed by atoms with Crippen LogP contribution in [0.5, 0.6) is 5.75 Å². The maximum atomic E-state index is 12.0. The number of hydrogen-bond donors (Lipinski definition) is 0. The standard InChI is InChI=1S/C21H20N2O4/c1-14-4-9-17(10-5-14)21-23-22-20(27-21)15(2)26-19(24)13-8-16-6-11-18(25-3)12-7-16/h4-13,15H,1-3H3/b13-8+/t15-/m1/s1. The number of esters is 1. The Morgan fingerprint density at radius 3 is 2.44 bits per heavy atom. The molecule has 0 bridgehead atoms. The van der Waals surface area contributed by atoms with Gasteiger partial charge in [-0.3, -0.25) is 0 Å². The molecule has 0 aliphatic heterocycles. The second kappa shape index (κ2) is 8.31. The van der Waals surface area contributed by atoms with Crippen molar-refractivity contribution in [3.63, 3.8) is 0 Å². The lowest BCUT2D eigenvalue weighted by atomic mass is 10.1. The molecule has 6 nitrogen and oxygen atoms in total. The third-order valence-electron chi connectivity index (χ3n) is 3.91. The number of rotatable bonds is 6. The zero-order chi connectivity index (χ0) is 19.2. The summed E-state index contributed by atoms with van der Waals surface area (Å²) >= 11 is 0. The highest BCUT2D eigenvalue weighted by atomic mass is 16.6. The van der Waals surface area contributed by atoms with Gasteiger partial charge in [0, 0.05) is 11.6 Å². The number of methoxy groups -OCH3 is 1. The molecule has 0 amide bonds. The van der Waals surface area contributed by atoms with Crippen molar-refractivity contribution in [2.24, 2.45) is 0 Å². The first kappa shape index (κ1) is 18.4. The molecule has 0 fully saturated rings. The van der Waals surface area contributed by atoms with Crippen molar-refractivity contribution in [2.75, 3.05) is 7.11 Å². The first-order valence-corrected chi connectivity index (χ1v) is 8.48. The topological polar surface area (TPSA) is 74.5 Å². The molecule has 1 heterocycles. The normalized spacial score (nSPS) is 12.1. The van der Waals surface area contributed by atoms with E-state index in [4.69, 9.17) is 13.9 Å². The van der Waals surface area contributed by atoms with Gasteiger partial charge in [0.15, 0.2) is 6.10 Å². The van der Waals surface area contributed by atoms with E-state index in [1.165, 1.54) is 6.08 Å². The van der Waals surface area contributed by atoms with Gasteiger partial charge in [-0.25, -0.2) is 4.79 Å². The van der Waals surface area contributed by atoms with E-state index in [1.807, 2.05) is 55.5 Å². The summed E-state index contributed by atoms with van der Waals surface area (Å²) in [5.41, 5.74) is 2.82. The predicted octanol–water partition coefficient (Wildman–Crippen LogP) is 4.37. The molecule has 27 heavy (non-hydrogen) atoms. The van der Waals surface area contributed by atoms with Gasteiger partial charge >= 0.3 is 5.97 Å². The predicted molar refractivity (Wildman–Crippen MR) is 101 cm³/mol. The van der Waals surface area contributed by atoms with E-state index in [-0.39, 0.29) is 5.89 Å². The fraction of sp³-hybridized carbons (Fsp3) is 0.190. The lowest BCUT2D eigenvalue weighted by molar-refractivity contribution is -0.143. The molecule has 0 aliphatic rings. The Labute approximate surface area is 157 Å². The maximum absolute atomic E-state index is 12.0. The Kier molecular flexibility index (Phi) is 5.66. The number of nitrogens with zero attached hydrogens (tertiary/aromatic N) is 2. The average molecular weight is 364 g/mol. The lowest BCUT2D eigenvalue weighted by Gasteiger charge is -2.06. The maximum Gasteiger partial charge on any atom is 0.331 e. The van der Waals surface area contributed by atoms with Crippen LogP contribution >= 0.6 is 0 Å². The van der Waals surface area contributed by atoms with Crippen LogP contribution in [-0.2, 0) is 9.53 Å². The summed E-state index contributed by atoms with van der Waals surface area (Å²) < 4.78 is 16.0. The van der Waals surface area contributed by atoms with Crippen molar-refractivity contribution in [3.05, 3.63) is 71.6 Å². The van der Waals surface area contributed by atoms with Gasteiger partial charge in [-0.1, -0.05) is 29.8 Å². The molecule has 3 rings (SSSR count). The SMILES string of the molecule is COc1ccc(/C=C/C(=O)O[C@H](C)c2nnc(-c3ccc(C)cc3)o2)cc1. The summed E-state index contributed by atoms with van der Waals surface area (Å²) in [5.74, 6) is 0.899. The molecule has 0 spiro atoms. The van der Waals surface area contributed by atoms with Crippen LogP contribution < -0.4 is 4.74 Å². The Balaban J connectivity index is 1.61. The number of ether oxygens (including phenoxy) is 2. The fourth-order valence-electron chi connectivity index (χ4n) is 2.35. The van der Waals surface area contributed by atoms with Crippen LogP contribution in [0.3, 0.4) is 0 Å². The Hall–Kier alpha value is -3.41. The summed E-state index contributed by atoms with van der Waals surface area (Å²) in [5, 5.41) is 7.99. The molecule has 0 saturated heterocycles. The summed E-state index contributed by atoms with van der Waals surface area (Å²) in [7, 11) is 1.60. The summed E-state index contributed by atoms with van der Waals surface area (Å²) in [6.45, 7) is 3.69. The molecular formula is C21H20N2O4. The molecule has 2 aromatic carbocycles. The van der Waals surface area contributed by atoms with Crippen molar-refractivity contribution < 1.29 is 18.7 Å². The van der Waals surface area contributed by atoms with Gasteiger partial charge in [-0.05, 0) is 49.8 Å². The molecule has 0 N–H and O–H groups in total. The number of carbonyl (C=O) groups is 1. The summed E-state index contributed by atoms with van der Waals surface area (Å²) in [6.07, 6.45) is 2.38. The van der Waals surface area contributed by atoms with Crippen molar-refractivity contribution in [3.8, 4) is 17.2 Å². The smallest absolute Gasteiger partial charge is 0.331 e. The van der Waals surface area contributed by atoms with Crippen LogP contribution in [-0.4, -0.2) is 23.3 Å². The van der Waals surface area contributed by atoms with Crippen LogP contribution in [0.25, 0.3) is 17.5 Å². The van der Waals surface area contributed by atoms with E-state index < -0.39 is 12.1 Å². The van der Waals surface area contributed by atoms with Crippen molar-refractivity contribution >= 4 is 12.0 Å². The summed E-state index contributed by atoms with van der Waals surface area (Å²) in [6, 6.07) is 15.1. The monoisotopic (exact) mass is 364 g/mol. The van der Waals surface area contributed by atoms with E-state index in [0.717, 1.165) is 22.4 Å². The second-order valence-electron chi connectivity index (χ2n) is 6.00. The summed E-state index contributed by atoms with van der Waals surface area (Å²) in [4.78, 5) is 12.0. The van der Waals surface area contributed by atoms with Crippen LogP contribution in [0, 0.1) is 6.92 Å². The van der Waals surface area contributed by atoms with Gasteiger partial charge < -0.3 is 13.9 Å². The van der Waals surface area contributed by atoms with Crippen LogP contribution in [0.1, 0.15) is 30.0 Å². The van der Waals surface area contributed by atoms with Crippen LogP contribution in [0.15, 0.2) is 59.0 Å². The average Bonchev–Trinajstić information content (AvgIpc) is 3.18. The third-order valence-corrected chi connectivity index (χ3v) is 3.91. The van der Waals surface area contributed by atoms with Gasteiger partial charge in [-0.15, -0.1) is 10.2 Å². The largest absolute Gasteiger partial charge is 0.497 e. The minimum absolute atomic E-state index is 0.247. The molecule has 0 saturated carbocycles. The van der Waals surface area contributed by atoms with E-state index in [1.54, 1.807) is 20.1 Å². The van der Waals surface area contributed by atoms with Gasteiger partial charge in [-0.2, -0.15) is 0 Å². The van der Waals surface area contributed by atoms with E-state index >= 15 is 0 Å². The Morgan fingerprint density at radius 1 is 1.07 bits per heavy atom. The van der Waals surface area contributed by atoms with Crippen LogP contribution in [0.4, 0.5) is 0 Å². The number of carbonyl (C=O) groups excluding carboxylic acids is 1. The van der Waals surface area contributed by atoms with Gasteiger partial charge in [0.1, 0.15) is 5.75 Å². The highest BCUT2D eigenvalue weighted by molar-refractivity contribution is 5.87. The Morgan fingerprint density at radius 2 is 1.78 bits per heavy atom. The lowest BCUT2D eigenvalue weighted by Crippen LogP contribution is -2.06. The van der Waals surface area contributed by atoms with Gasteiger partial charge in [0.2, 0.25) is 5.89 Å². The third kappa shape index (κ3) is 4.82. The fourth-order valence-corrected chi connectivity index (χ4v) is 2.35. The number of benzene rings is 2. The van der Waals surface area contributed by atoms with Gasteiger partial charge in [0.05, 0.1) is 7.11 Å². The molecule has 1 atom stereocenters. The number of aromatic nitrogens is 2.